The van der Waals surface area contributed by atoms with Crippen molar-refractivity contribution in [1.29, 1.82) is 5.41 Å². The van der Waals surface area contributed by atoms with E-state index >= 15 is 0 Å². The summed E-state index contributed by atoms with van der Waals surface area (Å²) in [7, 11) is 0. The molecule has 1 aromatic heterocycles. The summed E-state index contributed by atoms with van der Waals surface area (Å²) in [6, 6.07) is 3.42. The molecule has 1 aromatic rings. The molecule has 0 spiro atoms. The fourth-order valence-electron chi connectivity index (χ4n) is 1.08. The molecule has 0 amide bonds. The molecule has 8 nitrogen and oxygen atoms in total. The van der Waals surface area contributed by atoms with Gasteiger partial charge in [0, 0.05) is 0 Å². The van der Waals surface area contributed by atoms with Crippen LogP contribution in [0.3, 0.4) is 0 Å². The van der Waals surface area contributed by atoms with Crippen LogP contribution in [-0.2, 0) is 4.74 Å². The molecule has 0 bridgehead atoms. The van der Waals surface area contributed by atoms with Gasteiger partial charge in [-0.05, 0) is 12.1 Å². The van der Waals surface area contributed by atoms with Crippen molar-refractivity contribution in [1.82, 2.24) is 4.98 Å². The summed E-state index contributed by atoms with van der Waals surface area (Å²) in [6.07, 6.45) is 1.70. The van der Waals surface area contributed by atoms with Gasteiger partial charge >= 0.3 is 0 Å². The van der Waals surface area contributed by atoms with Crippen molar-refractivity contribution in [2.75, 3.05) is 13.2 Å². The molecule has 17 heavy (non-hydrogen) atoms. The van der Waals surface area contributed by atoms with Crippen molar-refractivity contribution in [3.63, 3.8) is 0 Å². The minimum absolute atomic E-state index is 0.0384. The maximum absolute atomic E-state index is 8.11. The van der Waals surface area contributed by atoms with Gasteiger partial charge in [0.1, 0.15) is 23.4 Å². The zero-order chi connectivity index (χ0) is 12.7. The zero-order valence-corrected chi connectivity index (χ0v) is 8.87. The third kappa shape index (κ3) is 4.03. The summed E-state index contributed by atoms with van der Waals surface area (Å²) in [5, 5.41) is 15.0. The predicted molar refractivity (Wildman–Crippen MR) is 58.1 cm³/mol. The van der Waals surface area contributed by atoms with Crippen molar-refractivity contribution < 1.29 is 14.7 Å². The average Bonchev–Trinajstić information content (AvgIpc) is 2.25. The standard InChI is InChI=1S/C9H11N3O2.HNO2/c10-9(11)8-2-1-6(3-12-8)14-7-4-13-5-7;2-1-3/h1-3,7H,4-5H2,(H3,10,11);(H,2,3). The molecule has 2 heterocycles. The third-order valence-corrected chi connectivity index (χ3v) is 1.92. The van der Waals surface area contributed by atoms with Gasteiger partial charge in [0.15, 0.2) is 5.34 Å². The molecule has 4 N–H and O–H groups in total. The SMILES string of the molecule is N=C(N)c1ccc(OC2COC2)cn1.O=NO. The number of hydrogen-bond donors (Lipinski definition) is 3. The van der Waals surface area contributed by atoms with Crippen molar-refractivity contribution >= 4 is 5.84 Å². The highest BCUT2D eigenvalue weighted by Crippen LogP contribution is 2.14. The molecule has 1 aliphatic heterocycles. The number of hydrogen-bond acceptors (Lipinski definition) is 6. The number of pyridine rings is 1. The van der Waals surface area contributed by atoms with Crippen LogP contribution in [0.15, 0.2) is 23.7 Å². The van der Waals surface area contributed by atoms with Crippen LogP contribution in [0.1, 0.15) is 5.69 Å². The van der Waals surface area contributed by atoms with Crippen LogP contribution < -0.4 is 10.5 Å². The third-order valence-electron chi connectivity index (χ3n) is 1.92. The van der Waals surface area contributed by atoms with Gasteiger partial charge in [0.05, 0.1) is 19.4 Å². The lowest BCUT2D eigenvalue weighted by molar-refractivity contribution is -0.0798. The quantitative estimate of drug-likeness (QED) is 0.301. The van der Waals surface area contributed by atoms with Crippen LogP contribution >= 0.6 is 0 Å². The highest BCUT2D eigenvalue weighted by Gasteiger charge is 2.19. The fraction of sp³-hybridized carbons (Fsp3) is 0.333. The van der Waals surface area contributed by atoms with Crippen molar-refractivity contribution in [3.05, 3.63) is 28.9 Å². The molecule has 0 unspecified atom stereocenters. The second kappa shape index (κ2) is 6.38. The van der Waals surface area contributed by atoms with E-state index in [9.17, 15) is 0 Å². The van der Waals surface area contributed by atoms with E-state index in [1.807, 2.05) is 0 Å². The molecule has 8 heteroatoms. The Balaban J connectivity index is 0.000000437. The van der Waals surface area contributed by atoms with Gasteiger partial charge < -0.3 is 20.4 Å². The molecular weight excluding hydrogens is 228 g/mol. The summed E-state index contributed by atoms with van der Waals surface area (Å²) >= 11 is 0. The van der Waals surface area contributed by atoms with E-state index in [-0.39, 0.29) is 11.9 Å². The molecule has 1 aliphatic rings. The number of nitrogens with one attached hydrogen (secondary N) is 1. The summed E-state index contributed by atoms with van der Waals surface area (Å²) in [5.41, 5.74) is 5.72. The summed E-state index contributed by atoms with van der Waals surface area (Å²) in [4.78, 5) is 12.1. The van der Waals surface area contributed by atoms with Crippen LogP contribution in [-0.4, -0.2) is 35.3 Å². The first-order valence-electron chi connectivity index (χ1n) is 4.69. The maximum atomic E-state index is 8.11. The Morgan fingerprint density at radius 3 is 2.65 bits per heavy atom. The number of nitrogens with zero attached hydrogens (tertiary/aromatic N) is 2. The molecule has 1 saturated heterocycles. The van der Waals surface area contributed by atoms with Crippen molar-refractivity contribution in [3.8, 4) is 5.75 Å². The highest BCUT2D eigenvalue weighted by atomic mass is 16.6. The minimum atomic E-state index is -0.0384. The number of aromatic nitrogens is 1. The second-order valence-electron chi connectivity index (χ2n) is 3.15. The largest absolute Gasteiger partial charge is 0.484 e. The monoisotopic (exact) mass is 240 g/mol. The zero-order valence-electron chi connectivity index (χ0n) is 8.87. The van der Waals surface area contributed by atoms with Gasteiger partial charge in [-0.2, -0.15) is 0 Å². The predicted octanol–water partition coefficient (Wildman–Crippen LogP) is 0.285. The highest BCUT2D eigenvalue weighted by molar-refractivity contribution is 5.92. The van der Waals surface area contributed by atoms with Gasteiger partial charge in [0.2, 0.25) is 0 Å². The van der Waals surface area contributed by atoms with Crippen molar-refractivity contribution in [2.24, 2.45) is 11.1 Å². The van der Waals surface area contributed by atoms with E-state index in [0.717, 1.165) is 0 Å². The Morgan fingerprint density at radius 2 is 2.29 bits per heavy atom. The van der Waals surface area contributed by atoms with E-state index in [1.54, 1.807) is 18.3 Å². The molecule has 0 aromatic carbocycles. The van der Waals surface area contributed by atoms with E-state index in [2.05, 4.69) is 4.98 Å². The molecule has 0 saturated carbocycles. The first-order chi connectivity index (χ1) is 8.17. The Hall–Kier alpha value is -2.22. The smallest absolute Gasteiger partial charge is 0.152 e. The number of nitrogen functional groups attached to an aromatic ring is 1. The van der Waals surface area contributed by atoms with Crippen LogP contribution in [0.5, 0.6) is 5.75 Å². The Kier molecular flexibility index (Phi) is 4.82. The summed E-state index contributed by atoms with van der Waals surface area (Å²) in [5.74, 6) is 0.645. The van der Waals surface area contributed by atoms with E-state index in [0.29, 0.717) is 24.7 Å². The van der Waals surface area contributed by atoms with Gasteiger partial charge in [-0.1, -0.05) is 0 Å². The van der Waals surface area contributed by atoms with E-state index < -0.39 is 0 Å². The minimum Gasteiger partial charge on any atom is -0.484 e. The average molecular weight is 240 g/mol. The van der Waals surface area contributed by atoms with Gasteiger partial charge in [-0.15, -0.1) is 4.91 Å². The molecule has 92 valence electrons. The van der Waals surface area contributed by atoms with Gasteiger partial charge in [-0.3, -0.25) is 5.41 Å². The molecule has 0 aliphatic carbocycles. The maximum Gasteiger partial charge on any atom is 0.152 e. The normalized spacial score (nSPS) is 13.9. The first kappa shape index (κ1) is 12.8. The van der Waals surface area contributed by atoms with E-state index in [4.69, 9.17) is 30.7 Å². The van der Waals surface area contributed by atoms with Crippen molar-refractivity contribution in [2.45, 2.75) is 6.10 Å². The summed E-state index contributed by atoms with van der Waals surface area (Å²) < 4.78 is 10.5. The lowest BCUT2D eigenvalue weighted by Crippen LogP contribution is -2.38. The fourth-order valence-corrected chi connectivity index (χ4v) is 1.08. The molecular formula is C9H12N4O4. The second-order valence-corrected chi connectivity index (χ2v) is 3.15. The van der Waals surface area contributed by atoms with Crippen LogP contribution in [0.25, 0.3) is 0 Å². The number of amidine groups is 1. The topological polar surface area (TPSA) is 131 Å². The lowest BCUT2D eigenvalue weighted by atomic mass is 10.3. The lowest BCUT2D eigenvalue weighted by Gasteiger charge is -2.26. The van der Waals surface area contributed by atoms with Crippen LogP contribution in [0.4, 0.5) is 0 Å². The Bertz CT molecular complexity index is 377. The molecule has 0 radical (unpaired) electrons. The number of rotatable bonds is 3. The molecule has 1 fully saturated rings. The first-order valence-corrected chi connectivity index (χ1v) is 4.69. The number of ether oxygens (including phenoxy) is 2. The number of nitrogens with two attached hydrogens (primary N) is 1. The van der Waals surface area contributed by atoms with Crippen LogP contribution in [0, 0.1) is 10.3 Å². The molecule has 0 atom stereocenters. The Labute approximate surface area is 96.8 Å². The molecule has 2 rings (SSSR count). The Morgan fingerprint density at radius 1 is 1.65 bits per heavy atom. The summed E-state index contributed by atoms with van der Waals surface area (Å²) in [6.45, 7) is 1.27. The van der Waals surface area contributed by atoms with Gasteiger partial charge in [0.25, 0.3) is 0 Å². The van der Waals surface area contributed by atoms with Gasteiger partial charge in [-0.25, -0.2) is 4.98 Å². The van der Waals surface area contributed by atoms with E-state index in [1.165, 1.54) is 5.34 Å². The van der Waals surface area contributed by atoms with Crippen LogP contribution in [0.2, 0.25) is 0 Å².